The molecule has 4 aromatic rings. The van der Waals surface area contributed by atoms with Gasteiger partial charge in [-0.05, 0) is 82.4 Å². The second-order valence-corrected chi connectivity index (χ2v) is 13.5. The molecule has 2 nitrogen and oxygen atoms in total. The molecule has 2 aromatic heterocycles. The molecule has 172 valence electrons. The van der Waals surface area contributed by atoms with Gasteiger partial charge in [-0.2, -0.15) is 0 Å². The molecule has 0 atom stereocenters. The van der Waals surface area contributed by atoms with Crippen LogP contribution in [0.3, 0.4) is 0 Å². The van der Waals surface area contributed by atoms with Crippen LogP contribution in [0.4, 0.5) is 0 Å². The number of benzene rings is 2. The molecule has 2 aromatic carbocycles. The van der Waals surface area contributed by atoms with Crippen molar-refractivity contribution in [3.8, 4) is 20.9 Å². The van der Waals surface area contributed by atoms with Crippen molar-refractivity contribution in [2.45, 2.75) is 20.1 Å². The third kappa shape index (κ3) is 4.29. The first kappa shape index (κ1) is 22.9. The second kappa shape index (κ2) is 8.84. The van der Waals surface area contributed by atoms with Crippen LogP contribution in [0.2, 0.25) is 0 Å². The van der Waals surface area contributed by atoms with Gasteiger partial charge in [-0.3, -0.25) is 0 Å². The van der Waals surface area contributed by atoms with Crippen LogP contribution in [0.15, 0.2) is 69.6 Å². The maximum absolute atomic E-state index is 5.98. The smallest absolute Gasteiger partial charge is 0.193 e. The lowest BCUT2D eigenvalue weighted by Gasteiger charge is -2.34. The molecule has 3 heterocycles. The van der Waals surface area contributed by atoms with E-state index in [4.69, 9.17) is 9.47 Å². The molecule has 1 aliphatic heterocycles. The molecule has 0 radical (unpaired) electrons. The topological polar surface area (TPSA) is 18.5 Å². The van der Waals surface area contributed by atoms with E-state index in [9.17, 15) is 0 Å². The van der Waals surface area contributed by atoms with Gasteiger partial charge in [-0.15, -0.1) is 22.7 Å². The zero-order valence-corrected chi connectivity index (χ0v) is 23.5. The zero-order chi connectivity index (χ0) is 23.4. The fourth-order valence-corrected chi connectivity index (χ4v) is 7.19. The summed E-state index contributed by atoms with van der Waals surface area (Å²) in [6, 6.07) is 21.9. The monoisotopic (exact) mass is 612 g/mol. The summed E-state index contributed by atoms with van der Waals surface area (Å²) in [6.45, 7) is 5.78. The van der Waals surface area contributed by atoms with Gasteiger partial charge in [0.25, 0.3) is 0 Å². The molecule has 1 fully saturated rings. The third-order valence-corrected chi connectivity index (χ3v) is 9.42. The number of thiophene rings is 2. The molecule has 0 N–H and O–H groups in total. The Labute approximate surface area is 224 Å². The first-order chi connectivity index (χ1) is 16.4. The number of ether oxygens (including phenoxy) is 2. The van der Waals surface area contributed by atoms with Crippen LogP contribution in [0.5, 0.6) is 0 Å². The van der Waals surface area contributed by atoms with E-state index in [1.165, 1.54) is 42.5 Å². The molecule has 34 heavy (non-hydrogen) atoms. The Morgan fingerprint density at radius 1 is 0.765 bits per heavy atom. The molecular formula is C28H22Br2O2S2. The van der Waals surface area contributed by atoms with Crippen molar-refractivity contribution in [1.29, 1.82) is 0 Å². The van der Waals surface area contributed by atoms with E-state index in [-0.39, 0.29) is 11.7 Å². The standard InChI is InChI=1S/C28H22Br2O2S2/c1-28(2)14-31-27(32-15-28)26-10-9-25(34-26)24-8-5-18(33-24)13-23-19-6-3-16(29)11-21(19)22-12-17(30)4-7-20(22)23/h3-13,27H,14-15H2,1-2H3. The third-order valence-electron chi connectivity index (χ3n) is 6.10. The molecule has 0 bridgehead atoms. The first-order valence-electron chi connectivity index (χ1n) is 11.1. The van der Waals surface area contributed by atoms with E-state index in [1.807, 2.05) is 11.3 Å². The molecule has 1 aliphatic carbocycles. The van der Waals surface area contributed by atoms with Gasteiger partial charge in [-0.25, -0.2) is 0 Å². The van der Waals surface area contributed by atoms with Gasteiger partial charge in [-0.1, -0.05) is 57.8 Å². The molecule has 0 saturated carbocycles. The van der Waals surface area contributed by atoms with Crippen molar-refractivity contribution in [1.82, 2.24) is 0 Å². The van der Waals surface area contributed by atoms with Crippen LogP contribution in [0.25, 0.3) is 32.5 Å². The van der Waals surface area contributed by atoms with Crippen LogP contribution in [0.1, 0.15) is 41.0 Å². The first-order valence-corrected chi connectivity index (χ1v) is 14.3. The minimum atomic E-state index is -0.251. The second-order valence-electron chi connectivity index (χ2n) is 9.46. The van der Waals surface area contributed by atoms with Crippen molar-refractivity contribution in [3.05, 3.63) is 90.5 Å². The minimum Gasteiger partial charge on any atom is -0.347 e. The van der Waals surface area contributed by atoms with E-state index >= 15 is 0 Å². The van der Waals surface area contributed by atoms with Gasteiger partial charge < -0.3 is 9.47 Å². The summed E-state index contributed by atoms with van der Waals surface area (Å²) in [5.41, 5.74) is 6.45. The van der Waals surface area contributed by atoms with Gasteiger partial charge in [0.05, 0.1) is 18.1 Å². The number of fused-ring (bicyclic) bond motifs is 3. The summed E-state index contributed by atoms with van der Waals surface area (Å²) in [5, 5.41) is 0. The Hall–Kier alpha value is -1.54. The SMILES string of the molecule is CC1(C)COC(c2ccc(-c3ccc(C=C4c5ccc(Br)cc5-c5cc(Br)ccc54)s3)s2)OC1. The average Bonchev–Trinajstić information content (AvgIpc) is 3.53. The lowest BCUT2D eigenvalue weighted by Crippen LogP contribution is -2.33. The lowest BCUT2D eigenvalue weighted by atomic mass is 9.96. The summed E-state index contributed by atoms with van der Waals surface area (Å²) >= 11 is 10.9. The Morgan fingerprint density at radius 2 is 1.35 bits per heavy atom. The summed E-state index contributed by atoms with van der Waals surface area (Å²) in [6.07, 6.45) is 2.07. The molecule has 1 saturated heterocycles. The predicted octanol–water partition coefficient (Wildman–Crippen LogP) is 9.64. The van der Waals surface area contributed by atoms with Gasteiger partial charge in [0.2, 0.25) is 0 Å². The Balaban J connectivity index is 1.31. The van der Waals surface area contributed by atoms with Crippen LogP contribution in [-0.4, -0.2) is 13.2 Å². The predicted molar refractivity (Wildman–Crippen MR) is 150 cm³/mol. The fourth-order valence-electron chi connectivity index (χ4n) is 4.42. The molecule has 6 rings (SSSR count). The lowest BCUT2D eigenvalue weighted by molar-refractivity contribution is -0.224. The van der Waals surface area contributed by atoms with Gasteiger partial charge in [0, 0.05) is 29.0 Å². The van der Waals surface area contributed by atoms with E-state index in [1.54, 1.807) is 11.3 Å². The van der Waals surface area contributed by atoms with E-state index < -0.39 is 0 Å². The van der Waals surface area contributed by atoms with Crippen molar-refractivity contribution in [2.24, 2.45) is 5.41 Å². The van der Waals surface area contributed by atoms with Crippen LogP contribution in [0, 0.1) is 5.41 Å². The maximum atomic E-state index is 5.98. The van der Waals surface area contributed by atoms with Crippen molar-refractivity contribution < 1.29 is 9.47 Å². The number of hydrogen-bond acceptors (Lipinski definition) is 4. The number of hydrogen-bond donors (Lipinski definition) is 0. The highest BCUT2D eigenvalue weighted by atomic mass is 79.9. The van der Waals surface area contributed by atoms with E-state index in [0.717, 1.165) is 27.0 Å². The zero-order valence-electron chi connectivity index (χ0n) is 18.7. The highest BCUT2D eigenvalue weighted by molar-refractivity contribution is 9.10. The van der Waals surface area contributed by atoms with E-state index in [0.29, 0.717) is 0 Å². The molecule has 6 heteroatoms. The van der Waals surface area contributed by atoms with Crippen molar-refractivity contribution in [3.63, 3.8) is 0 Å². The van der Waals surface area contributed by atoms with Crippen molar-refractivity contribution in [2.75, 3.05) is 13.2 Å². The fraction of sp³-hybridized carbons (Fsp3) is 0.214. The molecular weight excluding hydrogens is 592 g/mol. The summed E-state index contributed by atoms with van der Waals surface area (Å²) < 4.78 is 14.2. The van der Waals surface area contributed by atoms with Crippen LogP contribution in [-0.2, 0) is 9.47 Å². The average molecular weight is 614 g/mol. The number of rotatable bonds is 3. The maximum Gasteiger partial charge on any atom is 0.193 e. The highest BCUT2D eigenvalue weighted by Gasteiger charge is 2.30. The quantitative estimate of drug-likeness (QED) is 0.202. The summed E-state index contributed by atoms with van der Waals surface area (Å²) in [5.74, 6) is 0. The summed E-state index contributed by atoms with van der Waals surface area (Å²) in [7, 11) is 0. The molecule has 2 aliphatic rings. The van der Waals surface area contributed by atoms with Crippen LogP contribution >= 0.6 is 54.5 Å². The van der Waals surface area contributed by atoms with Gasteiger partial charge >= 0.3 is 0 Å². The molecule has 0 amide bonds. The van der Waals surface area contributed by atoms with E-state index in [2.05, 4.69) is 112 Å². The normalized spacial score (nSPS) is 17.0. The minimum absolute atomic E-state index is 0.0797. The number of halogens is 2. The van der Waals surface area contributed by atoms with Gasteiger partial charge in [0.1, 0.15) is 0 Å². The Kier molecular flexibility index (Phi) is 5.95. The van der Waals surface area contributed by atoms with Crippen LogP contribution < -0.4 is 0 Å². The molecule has 0 unspecified atom stereocenters. The Bertz CT molecular complexity index is 1370. The molecule has 0 spiro atoms. The highest BCUT2D eigenvalue weighted by Crippen LogP contribution is 2.48. The largest absolute Gasteiger partial charge is 0.347 e. The summed E-state index contributed by atoms with van der Waals surface area (Å²) in [4.78, 5) is 4.90. The van der Waals surface area contributed by atoms with Gasteiger partial charge in [0.15, 0.2) is 6.29 Å². The Morgan fingerprint density at radius 3 is 2.00 bits per heavy atom. The van der Waals surface area contributed by atoms with Crippen molar-refractivity contribution >= 4 is 66.2 Å².